The number of hydrogen-bond acceptors (Lipinski definition) is 9. The number of aliphatic hydroxyl groups excluding tert-OH is 5. The smallest absolute Gasteiger partial charge is 0.338 e. The molecule has 1 saturated heterocycles. The van der Waals surface area contributed by atoms with Gasteiger partial charge < -0.3 is 39.7 Å². The van der Waals surface area contributed by atoms with Crippen molar-refractivity contribution in [2.24, 2.45) is 0 Å². The van der Waals surface area contributed by atoms with E-state index in [9.17, 15) is 20.1 Å². The van der Waals surface area contributed by atoms with Crippen LogP contribution in [0.4, 0.5) is 0 Å². The van der Waals surface area contributed by atoms with Gasteiger partial charge in [0, 0.05) is 0 Å². The zero-order valence-electron chi connectivity index (χ0n) is 13.3. The lowest BCUT2D eigenvalue weighted by atomic mass is 9.99. The molecule has 0 bridgehead atoms. The highest BCUT2D eigenvalue weighted by atomic mass is 16.7. The van der Waals surface area contributed by atoms with E-state index < -0.39 is 56.0 Å². The number of carbonyl (C=O) groups is 1. The number of hydrogen-bond donors (Lipinski definition) is 5. The molecule has 1 fully saturated rings. The number of ether oxygens (including phenoxy) is 3. The fourth-order valence-electron chi connectivity index (χ4n) is 2.32. The quantitative estimate of drug-likeness (QED) is 0.350. The summed E-state index contributed by atoms with van der Waals surface area (Å²) in [5.41, 5.74) is 0.307. The van der Waals surface area contributed by atoms with E-state index in [4.69, 9.17) is 24.4 Å². The van der Waals surface area contributed by atoms with Crippen molar-refractivity contribution in [3.63, 3.8) is 0 Å². The van der Waals surface area contributed by atoms with Crippen LogP contribution >= 0.6 is 0 Å². The van der Waals surface area contributed by atoms with E-state index in [1.807, 2.05) is 0 Å². The number of carbonyl (C=O) groups excluding carboxylic acids is 1. The second kappa shape index (κ2) is 9.20. The maximum Gasteiger partial charge on any atom is 0.338 e. The molecule has 0 radical (unpaired) electrons. The Morgan fingerprint density at radius 1 is 1.04 bits per heavy atom. The third-order valence-corrected chi connectivity index (χ3v) is 3.79. The van der Waals surface area contributed by atoms with Crippen LogP contribution in [0.25, 0.3) is 0 Å². The second-order valence-corrected chi connectivity index (χ2v) is 5.60. The summed E-state index contributed by atoms with van der Waals surface area (Å²) in [5, 5.41) is 47.8. The Kier molecular flexibility index (Phi) is 7.26. The van der Waals surface area contributed by atoms with Gasteiger partial charge in [0.1, 0.15) is 37.1 Å². The van der Waals surface area contributed by atoms with Gasteiger partial charge in [-0.25, -0.2) is 4.79 Å². The van der Waals surface area contributed by atoms with Crippen molar-refractivity contribution >= 4 is 5.97 Å². The summed E-state index contributed by atoms with van der Waals surface area (Å²) in [5.74, 6) is -0.641. The average molecular weight is 358 g/mol. The van der Waals surface area contributed by atoms with Gasteiger partial charge >= 0.3 is 5.97 Å². The van der Waals surface area contributed by atoms with Crippen LogP contribution in [0.3, 0.4) is 0 Å². The van der Waals surface area contributed by atoms with Gasteiger partial charge in [0.25, 0.3) is 0 Å². The van der Waals surface area contributed by atoms with Crippen molar-refractivity contribution in [1.82, 2.24) is 0 Å². The van der Waals surface area contributed by atoms with E-state index >= 15 is 0 Å². The van der Waals surface area contributed by atoms with Crippen molar-refractivity contribution in [1.29, 1.82) is 0 Å². The first-order valence-corrected chi connectivity index (χ1v) is 7.77. The molecule has 1 heterocycles. The van der Waals surface area contributed by atoms with Crippen LogP contribution in [0.1, 0.15) is 10.4 Å². The molecule has 5 atom stereocenters. The molecule has 0 spiro atoms. The zero-order chi connectivity index (χ0) is 18.4. The van der Waals surface area contributed by atoms with Gasteiger partial charge in [-0.2, -0.15) is 0 Å². The van der Waals surface area contributed by atoms with Crippen molar-refractivity contribution in [3.8, 4) is 0 Å². The van der Waals surface area contributed by atoms with Crippen LogP contribution in [-0.2, 0) is 14.2 Å². The normalized spacial score (nSPS) is 29.6. The summed E-state index contributed by atoms with van der Waals surface area (Å²) >= 11 is 0. The first-order chi connectivity index (χ1) is 12.0. The predicted octanol–water partition coefficient (Wildman–Crippen LogP) is -1.98. The summed E-state index contributed by atoms with van der Waals surface area (Å²) in [7, 11) is 0. The fraction of sp³-hybridized carbons (Fsp3) is 0.562. The summed E-state index contributed by atoms with van der Waals surface area (Å²) < 4.78 is 15.5. The van der Waals surface area contributed by atoms with E-state index in [1.54, 1.807) is 30.3 Å². The molecule has 9 nitrogen and oxygen atoms in total. The third kappa shape index (κ3) is 4.95. The van der Waals surface area contributed by atoms with E-state index in [0.717, 1.165) is 0 Å². The second-order valence-electron chi connectivity index (χ2n) is 5.60. The predicted molar refractivity (Wildman–Crippen MR) is 82.5 cm³/mol. The standard InChI is InChI=1S/C16H22O9/c17-6-10(7-18)24-16-14(21)13(20)12(19)11(25-16)8-23-15(22)9-4-2-1-3-5-9/h1-5,10-14,16-21H,6-8H2/t11-,12+,13+,14-,16-/m1/s1. The van der Waals surface area contributed by atoms with Crippen LogP contribution in [0.5, 0.6) is 0 Å². The van der Waals surface area contributed by atoms with Gasteiger partial charge in [0.05, 0.1) is 18.8 Å². The van der Waals surface area contributed by atoms with Gasteiger partial charge in [-0.3, -0.25) is 0 Å². The van der Waals surface area contributed by atoms with Gasteiger partial charge in [-0.15, -0.1) is 0 Å². The molecule has 5 N–H and O–H groups in total. The summed E-state index contributed by atoms with van der Waals surface area (Å²) in [6, 6.07) is 8.17. The minimum atomic E-state index is -1.61. The van der Waals surface area contributed by atoms with Crippen LogP contribution in [0.2, 0.25) is 0 Å². The highest BCUT2D eigenvalue weighted by Crippen LogP contribution is 2.23. The zero-order valence-corrected chi connectivity index (χ0v) is 13.3. The number of esters is 1. The Labute approximate surface area is 144 Å². The Bertz CT molecular complexity index is 534. The largest absolute Gasteiger partial charge is 0.459 e. The molecule has 0 aliphatic carbocycles. The molecule has 0 aromatic heterocycles. The van der Waals surface area contributed by atoms with Crippen LogP contribution in [0.15, 0.2) is 30.3 Å². The third-order valence-electron chi connectivity index (χ3n) is 3.79. The number of benzene rings is 1. The highest BCUT2D eigenvalue weighted by molar-refractivity contribution is 5.89. The van der Waals surface area contributed by atoms with Crippen LogP contribution < -0.4 is 0 Å². The Morgan fingerprint density at radius 3 is 2.28 bits per heavy atom. The highest BCUT2D eigenvalue weighted by Gasteiger charge is 2.45. The van der Waals surface area contributed by atoms with Crippen molar-refractivity contribution < 1.29 is 44.5 Å². The molecule has 1 aliphatic rings. The Balaban J connectivity index is 1.97. The molecule has 1 aromatic carbocycles. The maximum absolute atomic E-state index is 11.9. The first-order valence-electron chi connectivity index (χ1n) is 7.77. The van der Waals surface area contributed by atoms with Crippen LogP contribution in [0, 0.1) is 0 Å². The lowest BCUT2D eigenvalue weighted by Gasteiger charge is -2.40. The lowest BCUT2D eigenvalue weighted by Crippen LogP contribution is -2.60. The fourth-order valence-corrected chi connectivity index (χ4v) is 2.32. The van der Waals surface area contributed by atoms with Crippen molar-refractivity contribution in [2.45, 2.75) is 36.8 Å². The number of rotatable bonds is 7. The molecule has 140 valence electrons. The maximum atomic E-state index is 11.9. The minimum absolute atomic E-state index is 0.307. The van der Waals surface area contributed by atoms with Gasteiger partial charge in [-0.1, -0.05) is 18.2 Å². The van der Waals surface area contributed by atoms with E-state index in [1.165, 1.54) is 0 Å². The van der Waals surface area contributed by atoms with Crippen molar-refractivity contribution in [2.75, 3.05) is 19.8 Å². The summed E-state index contributed by atoms with van der Waals surface area (Å²) in [4.78, 5) is 11.9. The molecule has 1 aromatic rings. The molecule has 2 rings (SSSR count). The van der Waals surface area contributed by atoms with Gasteiger partial charge in [0.15, 0.2) is 6.29 Å². The molecular formula is C16H22O9. The van der Waals surface area contributed by atoms with Gasteiger partial charge in [0.2, 0.25) is 0 Å². The first kappa shape index (κ1) is 19.7. The Hall–Kier alpha value is -1.59. The minimum Gasteiger partial charge on any atom is -0.459 e. The van der Waals surface area contributed by atoms with Crippen molar-refractivity contribution in [3.05, 3.63) is 35.9 Å². The summed E-state index contributed by atoms with van der Waals surface area (Å²) in [6.45, 7) is -1.45. The molecule has 9 heteroatoms. The van der Waals surface area contributed by atoms with Crippen LogP contribution in [-0.4, -0.2) is 88.1 Å². The molecule has 0 unspecified atom stereocenters. The molecule has 25 heavy (non-hydrogen) atoms. The topological polar surface area (TPSA) is 146 Å². The summed E-state index contributed by atoms with van der Waals surface area (Å²) in [6.07, 6.45) is -8.33. The lowest BCUT2D eigenvalue weighted by molar-refractivity contribution is -0.314. The molecule has 0 amide bonds. The average Bonchev–Trinajstić information content (AvgIpc) is 2.65. The monoisotopic (exact) mass is 358 g/mol. The molecular weight excluding hydrogens is 336 g/mol. The SMILES string of the molecule is O=C(OC[C@H]1O[C@@H](OC(CO)CO)[C@H](O)[C@@H](O)[C@H]1O)c1ccccc1. The molecule has 1 aliphatic heterocycles. The van der Waals surface area contributed by atoms with E-state index in [-0.39, 0.29) is 6.61 Å². The van der Waals surface area contributed by atoms with E-state index in [2.05, 4.69) is 0 Å². The Morgan fingerprint density at radius 2 is 1.68 bits per heavy atom. The van der Waals surface area contributed by atoms with Gasteiger partial charge in [-0.05, 0) is 12.1 Å². The van der Waals surface area contributed by atoms with E-state index in [0.29, 0.717) is 5.56 Å². The number of aliphatic hydroxyl groups is 5. The molecule has 0 saturated carbocycles.